The molecule has 3 atom stereocenters. The Morgan fingerprint density at radius 2 is 1.75 bits per heavy atom. The van der Waals surface area contributed by atoms with Crippen molar-refractivity contribution in [3.8, 4) is 0 Å². The summed E-state index contributed by atoms with van der Waals surface area (Å²) in [5.41, 5.74) is -0.191. The van der Waals surface area contributed by atoms with Gasteiger partial charge in [0, 0.05) is 10.3 Å². The Hall–Kier alpha value is -0.606. The predicted molar refractivity (Wildman–Crippen MR) is 105 cm³/mol. The molecule has 134 valence electrons. The van der Waals surface area contributed by atoms with E-state index in [0.717, 1.165) is 0 Å². The van der Waals surface area contributed by atoms with Crippen molar-refractivity contribution in [3.05, 3.63) is 30.3 Å². The van der Waals surface area contributed by atoms with Gasteiger partial charge in [0.05, 0.1) is 11.3 Å². The largest absolute Gasteiger partial charge is 0.400 e. The number of carbonyl (C=O) groups is 1. The predicted octanol–water partition coefficient (Wildman–Crippen LogP) is 2.14. The Morgan fingerprint density at radius 3 is 2.25 bits per heavy atom. The molecule has 7 heteroatoms. The molecule has 0 saturated carbocycles. The normalized spacial score (nSPS) is 24.3. The molecule has 2 rings (SSSR count). The third-order valence-corrected chi connectivity index (χ3v) is 7.36. The fourth-order valence-corrected chi connectivity index (χ4v) is 6.20. The van der Waals surface area contributed by atoms with E-state index in [1.807, 2.05) is 18.2 Å². The highest BCUT2D eigenvalue weighted by molar-refractivity contribution is 8.00. The number of β-lactam (4-membered cyclic amide) rings is 1. The smallest absolute Gasteiger partial charge is 0.227 e. The van der Waals surface area contributed by atoms with Crippen LogP contribution in [0.25, 0.3) is 0 Å². The number of hydrogen-bond acceptors (Lipinski definition) is 4. The third kappa shape index (κ3) is 4.32. The maximum atomic E-state index is 12.3. The lowest BCUT2D eigenvalue weighted by Crippen LogP contribution is -2.62. The maximum Gasteiger partial charge on any atom is 0.227 e. The first-order valence-electron chi connectivity index (χ1n) is 8.67. The van der Waals surface area contributed by atoms with Crippen molar-refractivity contribution in [1.29, 1.82) is 0 Å². The van der Waals surface area contributed by atoms with Crippen LogP contribution in [0.1, 0.15) is 20.8 Å². The molecule has 1 aliphatic heterocycles. The van der Waals surface area contributed by atoms with Gasteiger partial charge in [-0.25, -0.2) is 0 Å². The highest BCUT2D eigenvalue weighted by Gasteiger charge is 2.50. The first kappa shape index (κ1) is 19.7. The molecule has 1 heterocycles. The molecule has 0 bridgehead atoms. The average molecular weight is 384 g/mol. The van der Waals surface area contributed by atoms with Crippen LogP contribution >= 0.6 is 11.8 Å². The summed E-state index contributed by atoms with van der Waals surface area (Å²) in [6, 6.07) is 10.2. The quantitative estimate of drug-likeness (QED) is 0.403. The van der Waals surface area contributed by atoms with Gasteiger partial charge in [-0.15, -0.1) is 11.8 Å². The van der Waals surface area contributed by atoms with Gasteiger partial charge in [-0.05, 0) is 18.1 Å². The van der Waals surface area contributed by atoms with Crippen molar-refractivity contribution in [2.75, 3.05) is 0 Å². The van der Waals surface area contributed by atoms with E-state index in [0.29, 0.717) is 0 Å². The second-order valence-corrected chi connectivity index (χ2v) is 9.77. The van der Waals surface area contributed by atoms with Crippen LogP contribution in [-0.4, -0.2) is 37.1 Å². The van der Waals surface area contributed by atoms with Crippen molar-refractivity contribution in [3.63, 3.8) is 0 Å². The van der Waals surface area contributed by atoms with Crippen LogP contribution in [0.15, 0.2) is 35.2 Å². The van der Waals surface area contributed by atoms with Crippen LogP contribution in [0.3, 0.4) is 0 Å². The van der Waals surface area contributed by atoms with E-state index >= 15 is 0 Å². The molecule has 0 radical (unpaired) electrons. The number of rotatable bonds is 9. The Labute approximate surface area is 154 Å². The summed E-state index contributed by atoms with van der Waals surface area (Å²) in [6.07, 6.45) is -0.184. The number of nitrogens with one attached hydrogen (secondary N) is 1. The van der Waals surface area contributed by atoms with E-state index in [1.54, 1.807) is 11.8 Å². The van der Waals surface area contributed by atoms with E-state index < -0.39 is 19.5 Å². The zero-order valence-corrected chi connectivity index (χ0v) is 18.9. The second-order valence-electron chi connectivity index (χ2n) is 6.74. The van der Waals surface area contributed by atoms with E-state index in [2.05, 4.69) is 51.3 Å². The molecule has 1 aromatic carbocycles. The minimum Gasteiger partial charge on any atom is -0.400 e. The Balaban J connectivity index is 2.10. The van der Waals surface area contributed by atoms with E-state index in [4.69, 9.17) is 8.85 Å². The minimum atomic E-state index is -0.560. The molecule has 24 heavy (non-hydrogen) atoms. The molecule has 0 unspecified atom stereocenters. The van der Waals surface area contributed by atoms with Crippen LogP contribution in [0.5, 0.6) is 0 Å². The number of benzene rings is 1. The summed E-state index contributed by atoms with van der Waals surface area (Å²) < 4.78 is 12.0. The van der Waals surface area contributed by atoms with Gasteiger partial charge in [-0.2, -0.15) is 0 Å². The Kier molecular flexibility index (Phi) is 7.12. The second kappa shape index (κ2) is 8.66. The lowest BCUT2D eigenvalue weighted by atomic mass is 9.70. The summed E-state index contributed by atoms with van der Waals surface area (Å²) in [6.45, 7) is 10.8. The monoisotopic (exact) mass is 383 g/mol. The van der Waals surface area contributed by atoms with Gasteiger partial charge in [0.15, 0.2) is 19.5 Å². The molecule has 1 N–H and O–H groups in total. The summed E-state index contributed by atoms with van der Waals surface area (Å²) in [5, 5.41) is 3.18. The molecule has 1 fully saturated rings. The number of thioether (sulfide) groups is 1. The Morgan fingerprint density at radius 1 is 1.17 bits per heavy atom. The van der Waals surface area contributed by atoms with Gasteiger partial charge in [-0.3, -0.25) is 4.79 Å². The van der Waals surface area contributed by atoms with Crippen molar-refractivity contribution in [2.45, 2.75) is 50.4 Å². The van der Waals surface area contributed by atoms with E-state index in [1.165, 1.54) is 4.90 Å². The van der Waals surface area contributed by atoms with Crippen LogP contribution in [0.2, 0.25) is 13.1 Å². The first-order valence-corrected chi connectivity index (χ1v) is 13.5. The fraction of sp³-hybridized carbons (Fsp3) is 0.588. The first-order chi connectivity index (χ1) is 11.4. The van der Waals surface area contributed by atoms with E-state index in [-0.39, 0.29) is 34.8 Å². The SMILES string of the molecule is C[SiH2]OC(O[SiH2]C)C(C)(C)[C@H](C)[C@H]1C(=O)N[C@@H]1Sc1ccccc1. The van der Waals surface area contributed by atoms with Gasteiger partial charge < -0.3 is 14.2 Å². The fourth-order valence-electron chi connectivity index (χ4n) is 3.06. The van der Waals surface area contributed by atoms with Gasteiger partial charge >= 0.3 is 0 Å². The van der Waals surface area contributed by atoms with Crippen molar-refractivity contribution in [2.24, 2.45) is 17.3 Å². The molecule has 0 aromatic heterocycles. The lowest BCUT2D eigenvalue weighted by Gasteiger charge is -2.48. The summed E-state index contributed by atoms with van der Waals surface area (Å²) in [5.74, 6) is 0.306. The third-order valence-electron chi connectivity index (χ3n) is 4.88. The lowest BCUT2D eigenvalue weighted by molar-refractivity contribution is -0.147. The molecule has 4 nitrogen and oxygen atoms in total. The van der Waals surface area contributed by atoms with Crippen LogP contribution < -0.4 is 5.32 Å². The van der Waals surface area contributed by atoms with E-state index in [9.17, 15) is 4.79 Å². The molecule has 1 amide bonds. The highest BCUT2D eigenvalue weighted by atomic mass is 32.2. The minimum absolute atomic E-state index is 0.0167. The molecule has 1 saturated heterocycles. The molecule has 1 aromatic rings. The number of carbonyl (C=O) groups excluding carboxylic acids is 1. The molecule has 0 aliphatic carbocycles. The zero-order chi connectivity index (χ0) is 17.7. The standard InChI is InChI=1S/C17H29NO3SSi2/c1-11(17(2,3)16(20-23-4)21-24-5)13-14(19)18-15(13)22-12-9-7-6-8-10-12/h6-11,13,15-16H,23-24H2,1-5H3,(H,18,19)/t11-,13+,15-/m1/s1. The topological polar surface area (TPSA) is 47.6 Å². The summed E-state index contributed by atoms with van der Waals surface area (Å²) >= 11 is 1.73. The van der Waals surface area contributed by atoms with Crippen LogP contribution in [-0.2, 0) is 13.6 Å². The van der Waals surface area contributed by atoms with Crippen molar-refractivity contribution >= 4 is 37.2 Å². The van der Waals surface area contributed by atoms with Crippen LogP contribution in [0, 0.1) is 17.3 Å². The molecule has 1 aliphatic rings. The van der Waals surface area contributed by atoms with Crippen molar-refractivity contribution in [1.82, 2.24) is 5.32 Å². The van der Waals surface area contributed by atoms with Crippen molar-refractivity contribution < 1.29 is 13.6 Å². The molecular formula is C17H29NO3SSi2. The number of amides is 1. The summed E-state index contributed by atoms with van der Waals surface area (Å²) in [7, 11) is -1.12. The van der Waals surface area contributed by atoms with Gasteiger partial charge in [0.25, 0.3) is 0 Å². The van der Waals surface area contributed by atoms with Gasteiger partial charge in [0.2, 0.25) is 5.91 Å². The molecule has 0 spiro atoms. The molecular weight excluding hydrogens is 354 g/mol. The zero-order valence-electron chi connectivity index (χ0n) is 15.2. The average Bonchev–Trinajstić information content (AvgIpc) is 2.55. The number of hydrogen-bond donors (Lipinski definition) is 1. The van der Waals surface area contributed by atoms with Gasteiger partial charge in [0.1, 0.15) is 6.29 Å². The summed E-state index contributed by atoms with van der Waals surface area (Å²) in [4.78, 5) is 13.5. The highest BCUT2D eigenvalue weighted by Crippen LogP contribution is 2.45. The van der Waals surface area contributed by atoms with Crippen LogP contribution in [0.4, 0.5) is 0 Å². The maximum absolute atomic E-state index is 12.3. The van der Waals surface area contributed by atoms with Gasteiger partial charge in [-0.1, -0.05) is 52.1 Å². The Bertz CT molecular complexity index is 538.